The van der Waals surface area contributed by atoms with Crippen molar-refractivity contribution >= 4 is 11.9 Å². The van der Waals surface area contributed by atoms with Gasteiger partial charge in [0.2, 0.25) is 0 Å². The van der Waals surface area contributed by atoms with Crippen molar-refractivity contribution in [3.05, 3.63) is 48.3 Å². The summed E-state index contributed by atoms with van der Waals surface area (Å²) in [4.78, 5) is 0. The molecule has 2 rings (SSSR count). The van der Waals surface area contributed by atoms with Crippen molar-refractivity contribution in [2.24, 2.45) is 0 Å². The zero-order chi connectivity index (χ0) is 13.0. The Morgan fingerprint density at radius 3 is 2.94 bits per heavy atom. The van der Waals surface area contributed by atoms with Crippen molar-refractivity contribution in [3.8, 4) is 5.75 Å². The third-order valence-electron chi connectivity index (χ3n) is 2.76. The number of methoxy groups -OCH3 is 1. The van der Waals surface area contributed by atoms with E-state index in [1.54, 1.807) is 18.0 Å². The summed E-state index contributed by atoms with van der Waals surface area (Å²) < 4.78 is 6.87. The molecule has 4 heteroatoms. The van der Waals surface area contributed by atoms with Crippen LogP contribution in [-0.4, -0.2) is 16.9 Å². The fourth-order valence-corrected chi connectivity index (χ4v) is 1.73. The van der Waals surface area contributed by atoms with Crippen LogP contribution in [0, 0.1) is 6.92 Å². The predicted octanol–water partition coefficient (Wildman–Crippen LogP) is 2.91. The van der Waals surface area contributed by atoms with Crippen molar-refractivity contribution < 1.29 is 4.74 Å². The summed E-state index contributed by atoms with van der Waals surface area (Å²) in [5.41, 5.74) is 3.37. The van der Waals surface area contributed by atoms with E-state index in [0.717, 1.165) is 29.1 Å². The summed E-state index contributed by atoms with van der Waals surface area (Å²) in [6.45, 7) is 6.45. The van der Waals surface area contributed by atoms with Gasteiger partial charge in [-0.15, -0.1) is 0 Å². The Morgan fingerprint density at radius 1 is 1.50 bits per heavy atom. The summed E-state index contributed by atoms with van der Waals surface area (Å²) in [7, 11) is 1.67. The third kappa shape index (κ3) is 2.71. The minimum absolute atomic E-state index is 0.737. The minimum Gasteiger partial charge on any atom is -0.497 e. The van der Waals surface area contributed by atoms with E-state index >= 15 is 0 Å². The molecule has 1 aromatic heterocycles. The molecule has 0 saturated heterocycles. The van der Waals surface area contributed by atoms with E-state index in [1.165, 1.54) is 0 Å². The number of ether oxygens (including phenoxy) is 1. The molecule has 0 spiro atoms. The molecule has 1 N–H and O–H groups in total. The average Bonchev–Trinajstić information content (AvgIpc) is 2.85. The number of anilines is 1. The topological polar surface area (TPSA) is 39.1 Å². The van der Waals surface area contributed by atoms with Gasteiger partial charge in [0.15, 0.2) is 0 Å². The maximum Gasteiger partial charge on any atom is 0.119 e. The van der Waals surface area contributed by atoms with Crippen LogP contribution in [0.5, 0.6) is 5.75 Å². The van der Waals surface area contributed by atoms with Gasteiger partial charge in [0.05, 0.1) is 13.3 Å². The van der Waals surface area contributed by atoms with Crippen molar-refractivity contribution in [2.45, 2.75) is 13.5 Å². The van der Waals surface area contributed by atoms with Crippen LogP contribution in [0.25, 0.3) is 6.20 Å². The van der Waals surface area contributed by atoms with Gasteiger partial charge in [-0.2, -0.15) is 5.10 Å². The second-order valence-electron chi connectivity index (χ2n) is 4.05. The molecular formula is C14H17N3O. The van der Waals surface area contributed by atoms with Crippen LogP contribution in [0.3, 0.4) is 0 Å². The Labute approximate surface area is 107 Å². The number of hydrogen-bond donors (Lipinski definition) is 1. The molecular weight excluding hydrogens is 226 g/mol. The summed E-state index contributed by atoms with van der Waals surface area (Å²) in [6.07, 6.45) is 5.44. The molecule has 0 fully saturated rings. The molecule has 0 radical (unpaired) electrons. The molecule has 0 bridgehead atoms. The molecule has 0 aliphatic rings. The first kappa shape index (κ1) is 12.2. The molecule has 18 heavy (non-hydrogen) atoms. The first-order chi connectivity index (χ1) is 8.72. The number of aromatic nitrogens is 2. The highest BCUT2D eigenvalue weighted by Gasteiger charge is 2.01. The lowest BCUT2D eigenvalue weighted by atomic mass is 10.2. The standard InChI is InChI=1S/C14H17N3O/c1-4-17-10-12(9-16-17)8-15-14-6-5-13(18-3)7-11(14)2/h4-7,9-10,15H,1,8H2,2-3H3. The molecule has 4 nitrogen and oxygen atoms in total. The second-order valence-corrected chi connectivity index (χ2v) is 4.05. The van der Waals surface area contributed by atoms with Gasteiger partial charge in [-0.05, 0) is 30.7 Å². The van der Waals surface area contributed by atoms with Crippen LogP contribution < -0.4 is 10.1 Å². The number of nitrogens with zero attached hydrogens (tertiary/aromatic N) is 2. The van der Waals surface area contributed by atoms with Gasteiger partial charge in [0.1, 0.15) is 5.75 Å². The molecule has 2 aromatic rings. The summed E-state index contributed by atoms with van der Waals surface area (Å²) >= 11 is 0. The fourth-order valence-electron chi connectivity index (χ4n) is 1.73. The SMILES string of the molecule is C=Cn1cc(CNc2ccc(OC)cc2C)cn1. The Balaban J connectivity index is 2.03. The third-order valence-corrected chi connectivity index (χ3v) is 2.76. The highest BCUT2D eigenvalue weighted by Crippen LogP contribution is 2.21. The van der Waals surface area contributed by atoms with Gasteiger partial charge >= 0.3 is 0 Å². The van der Waals surface area contributed by atoms with Crippen molar-refractivity contribution in [1.82, 2.24) is 9.78 Å². The largest absolute Gasteiger partial charge is 0.497 e. The second kappa shape index (κ2) is 5.40. The maximum atomic E-state index is 5.18. The van der Waals surface area contributed by atoms with Crippen molar-refractivity contribution in [1.29, 1.82) is 0 Å². The molecule has 1 aromatic carbocycles. The molecule has 94 valence electrons. The molecule has 0 amide bonds. The Kier molecular flexibility index (Phi) is 3.67. The highest BCUT2D eigenvalue weighted by molar-refractivity contribution is 5.53. The number of hydrogen-bond acceptors (Lipinski definition) is 3. The molecule has 1 heterocycles. The van der Waals surface area contributed by atoms with E-state index in [9.17, 15) is 0 Å². The van der Waals surface area contributed by atoms with E-state index in [1.807, 2.05) is 30.6 Å². The van der Waals surface area contributed by atoms with Gasteiger partial charge in [0, 0.05) is 30.2 Å². The minimum atomic E-state index is 0.737. The van der Waals surface area contributed by atoms with E-state index in [0.29, 0.717) is 0 Å². The first-order valence-electron chi connectivity index (χ1n) is 5.77. The van der Waals surface area contributed by atoms with Crippen LogP contribution >= 0.6 is 0 Å². The molecule has 0 unspecified atom stereocenters. The summed E-state index contributed by atoms with van der Waals surface area (Å²) in [5, 5.41) is 7.51. The number of benzene rings is 1. The molecule has 0 aliphatic carbocycles. The van der Waals surface area contributed by atoms with Crippen LogP contribution in [0.2, 0.25) is 0 Å². The number of nitrogens with one attached hydrogen (secondary N) is 1. The van der Waals surface area contributed by atoms with E-state index in [4.69, 9.17) is 4.74 Å². The normalized spacial score (nSPS) is 10.1. The predicted molar refractivity (Wildman–Crippen MR) is 73.7 cm³/mol. The summed E-state index contributed by atoms with van der Waals surface area (Å²) in [6, 6.07) is 5.98. The highest BCUT2D eigenvalue weighted by atomic mass is 16.5. The average molecular weight is 243 g/mol. The number of rotatable bonds is 5. The van der Waals surface area contributed by atoms with Gasteiger partial charge in [0.25, 0.3) is 0 Å². The van der Waals surface area contributed by atoms with Crippen LogP contribution in [-0.2, 0) is 6.54 Å². The van der Waals surface area contributed by atoms with Gasteiger partial charge in [-0.3, -0.25) is 0 Å². The lowest BCUT2D eigenvalue weighted by Gasteiger charge is -2.09. The van der Waals surface area contributed by atoms with E-state index < -0.39 is 0 Å². The van der Waals surface area contributed by atoms with E-state index in [-0.39, 0.29) is 0 Å². The zero-order valence-electron chi connectivity index (χ0n) is 10.7. The quantitative estimate of drug-likeness (QED) is 0.877. The number of aryl methyl sites for hydroxylation is 1. The maximum absolute atomic E-state index is 5.18. The van der Waals surface area contributed by atoms with Crippen LogP contribution in [0.1, 0.15) is 11.1 Å². The van der Waals surface area contributed by atoms with Gasteiger partial charge < -0.3 is 10.1 Å². The summed E-state index contributed by atoms with van der Waals surface area (Å²) in [5.74, 6) is 0.873. The molecule has 0 aliphatic heterocycles. The molecule has 0 saturated carbocycles. The Bertz CT molecular complexity index is 546. The van der Waals surface area contributed by atoms with E-state index in [2.05, 4.69) is 23.9 Å². The van der Waals surface area contributed by atoms with Gasteiger partial charge in [-0.25, -0.2) is 4.68 Å². The van der Waals surface area contributed by atoms with Crippen LogP contribution in [0.15, 0.2) is 37.2 Å². The first-order valence-corrected chi connectivity index (χ1v) is 5.77. The lowest BCUT2D eigenvalue weighted by Crippen LogP contribution is -2.00. The fraction of sp³-hybridized carbons (Fsp3) is 0.214. The van der Waals surface area contributed by atoms with Gasteiger partial charge in [-0.1, -0.05) is 6.58 Å². The Hall–Kier alpha value is -2.23. The molecule has 0 atom stereocenters. The smallest absolute Gasteiger partial charge is 0.119 e. The monoisotopic (exact) mass is 243 g/mol. The Morgan fingerprint density at radius 2 is 2.33 bits per heavy atom. The van der Waals surface area contributed by atoms with Crippen molar-refractivity contribution in [3.63, 3.8) is 0 Å². The van der Waals surface area contributed by atoms with Crippen molar-refractivity contribution in [2.75, 3.05) is 12.4 Å². The zero-order valence-corrected chi connectivity index (χ0v) is 10.7. The van der Waals surface area contributed by atoms with Crippen LogP contribution in [0.4, 0.5) is 5.69 Å². The lowest BCUT2D eigenvalue weighted by molar-refractivity contribution is 0.414.